The molecule has 7 nitrogen and oxygen atoms in total. The summed E-state index contributed by atoms with van der Waals surface area (Å²) in [5.41, 5.74) is 0.532. The monoisotopic (exact) mass is 254 g/mol. The van der Waals surface area contributed by atoms with Crippen LogP contribution in [0.2, 0.25) is 0 Å². The van der Waals surface area contributed by atoms with Crippen LogP contribution in [0, 0.1) is 10.1 Å². The highest BCUT2D eigenvalue weighted by atomic mass is 16.6. The number of hydrogen-bond donors (Lipinski definition) is 1. The van der Waals surface area contributed by atoms with Gasteiger partial charge < -0.3 is 9.84 Å². The normalized spacial score (nSPS) is 10.4. The van der Waals surface area contributed by atoms with Crippen LogP contribution in [0.1, 0.15) is 5.56 Å². The number of methoxy groups -OCH3 is 1. The van der Waals surface area contributed by atoms with Gasteiger partial charge in [0.1, 0.15) is 0 Å². The molecule has 7 heteroatoms. The zero-order valence-corrected chi connectivity index (χ0v) is 10.1. The van der Waals surface area contributed by atoms with Crippen LogP contribution < -0.4 is 4.74 Å². The smallest absolute Gasteiger partial charge is 0.317 e. The Labute approximate surface area is 104 Å². The van der Waals surface area contributed by atoms with Crippen molar-refractivity contribution in [3.63, 3.8) is 0 Å². The third-order valence-electron chi connectivity index (χ3n) is 2.30. The summed E-state index contributed by atoms with van der Waals surface area (Å²) in [7, 11) is 2.99. The molecule has 0 heterocycles. The fourth-order valence-electron chi connectivity index (χ4n) is 1.58. The van der Waals surface area contributed by atoms with E-state index in [1.807, 2.05) is 0 Å². The lowest BCUT2D eigenvalue weighted by molar-refractivity contribution is -0.385. The quantitative estimate of drug-likeness (QED) is 0.604. The number of carboxylic acids is 1. The minimum absolute atomic E-state index is 0.125. The zero-order chi connectivity index (χ0) is 13.7. The van der Waals surface area contributed by atoms with E-state index in [9.17, 15) is 14.9 Å². The first-order chi connectivity index (χ1) is 8.43. The molecule has 18 heavy (non-hydrogen) atoms. The van der Waals surface area contributed by atoms with Crippen molar-refractivity contribution in [3.8, 4) is 5.75 Å². The molecule has 0 saturated carbocycles. The Kier molecular flexibility index (Phi) is 4.61. The molecule has 0 aliphatic rings. The second-order valence-corrected chi connectivity index (χ2v) is 3.83. The molecule has 98 valence electrons. The van der Waals surface area contributed by atoms with E-state index < -0.39 is 10.9 Å². The van der Waals surface area contributed by atoms with E-state index in [1.165, 1.54) is 19.2 Å². The number of nitrogens with zero attached hydrogens (tertiary/aromatic N) is 2. The first-order valence-electron chi connectivity index (χ1n) is 5.15. The number of carboxylic acid groups (broad SMARTS) is 1. The molecule has 0 aliphatic heterocycles. The second-order valence-electron chi connectivity index (χ2n) is 3.83. The number of rotatable bonds is 6. The molecule has 0 amide bonds. The van der Waals surface area contributed by atoms with Gasteiger partial charge in [0.15, 0.2) is 5.75 Å². The van der Waals surface area contributed by atoms with E-state index in [0.29, 0.717) is 12.1 Å². The van der Waals surface area contributed by atoms with Gasteiger partial charge in [-0.3, -0.25) is 19.8 Å². The lowest BCUT2D eigenvalue weighted by Gasteiger charge is -2.14. The number of carbonyl (C=O) groups is 1. The predicted molar refractivity (Wildman–Crippen MR) is 63.6 cm³/mol. The number of nitro benzene ring substituents is 1. The number of benzene rings is 1. The minimum Gasteiger partial charge on any atom is -0.490 e. The molecule has 1 N–H and O–H groups in total. The lowest BCUT2D eigenvalue weighted by Crippen LogP contribution is -2.25. The zero-order valence-electron chi connectivity index (χ0n) is 10.1. The molecule has 0 saturated heterocycles. The molecule has 0 aromatic heterocycles. The first kappa shape index (κ1) is 13.9. The maximum atomic E-state index is 10.8. The molecule has 1 aromatic rings. The van der Waals surface area contributed by atoms with E-state index >= 15 is 0 Å². The maximum absolute atomic E-state index is 10.8. The predicted octanol–water partition coefficient (Wildman–Crippen LogP) is 1.12. The maximum Gasteiger partial charge on any atom is 0.317 e. The Morgan fingerprint density at radius 3 is 2.72 bits per heavy atom. The summed E-state index contributed by atoms with van der Waals surface area (Å²) in [6.07, 6.45) is 0. The van der Waals surface area contributed by atoms with Crippen molar-refractivity contribution in [3.05, 3.63) is 33.9 Å². The molecule has 0 fully saturated rings. The van der Waals surface area contributed by atoms with E-state index in [1.54, 1.807) is 18.0 Å². The van der Waals surface area contributed by atoms with Crippen LogP contribution in [0.3, 0.4) is 0 Å². The molecular formula is C11H14N2O5. The van der Waals surface area contributed by atoms with Gasteiger partial charge in [-0.2, -0.15) is 0 Å². The third kappa shape index (κ3) is 3.70. The number of ether oxygens (including phenoxy) is 1. The van der Waals surface area contributed by atoms with E-state index in [2.05, 4.69) is 0 Å². The van der Waals surface area contributed by atoms with E-state index in [4.69, 9.17) is 9.84 Å². The van der Waals surface area contributed by atoms with Gasteiger partial charge in [0, 0.05) is 12.6 Å². The van der Waals surface area contributed by atoms with Crippen molar-refractivity contribution in [2.75, 3.05) is 20.7 Å². The van der Waals surface area contributed by atoms with Crippen LogP contribution in [0.4, 0.5) is 5.69 Å². The summed E-state index contributed by atoms with van der Waals surface area (Å²) >= 11 is 0. The van der Waals surface area contributed by atoms with Crippen LogP contribution in [0.5, 0.6) is 5.75 Å². The summed E-state index contributed by atoms with van der Waals surface area (Å²) in [5, 5.41) is 19.4. The number of nitro groups is 1. The van der Waals surface area contributed by atoms with Crippen LogP contribution in [0.15, 0.2) is 18.2 Å². The van der Waals surface area contributed by atoms with Crippen molar-refractivity contribution in [2.45, 2.75) is 6.54 Å². The molecular weight excluding hydrogens is 240 g/mol. The SMILES string of the molecule is COc1ccc(CN(C)CC(=O)O)cc1[N+](=O)[O-]. The molecule has 0 bridgehead atoms. The lowest BCUT2D eigenvalue weighted by atomic mass is 10.2. The Bertz CT molecular complexity index is 461. The van der Waals surface area contributed by atoms with Gasteiger partial charge in [-0.1, -0.05) is 6.07 Å². The molecule has 1 aromatic carbocycles. The van der Waals surface area contributed by atoms with Gasteiger partial charge in [0.05, 0.1) is 18.6 Å². The fourth-order valence-corrected chi connectivity index (χ4v) is 1.58. The summed E-state index contributed by atoms with van der Waals surface area (Å²) in [5.74, 6) is -0.759. The molecule has 0 aliphatic carbocycles. The van der Waals surface area contributed by atoms with Crippen LogP contribution >= 0.6 is 0 Å². The van der Waals surface area contributed by atoms with E-state index in [0.717, 1.165) is 0 Å². The largest absolute Gasteiger partial charge is 0.490 e. The second kappa shape index (κ2) is 5.97. The number of hydrogen-bond acceptors (Lipinski definition) is 5. The van der Waals surface area contributed by atoms with Gasteiger partial charge in [-0.15, -0.1) is 0 Å². The average molecular weight is 254 g/mol. The van der Waals surface area contributed by atoms with Crippen LogP contribution in [-0.4, -0.2) is 41.6 Å². The molecule has 0 atom stereocenters. The molecule has 1 rings (SSSR count). The van der Waals surface area contributed by atoms with Gasteiger partial charge in [0.25, 0.3) is 0 Å². The van der Waals surface area contributed by atoms with Gasteiger partial charge >= 0.3 is 11.7 Å². The van der Waals surface area contributed by atoms with E-state index in [-0.39, 0.29) is 18.0 Å². The highest BCUT2D eigenvalue weighted by Crippen LogP contribution is 2.27. The summed E-state index contributed by atoms with van der Waals surface area (Å²) in [6, 6.07) is 4.56. The topological polar surface area (TPSA) is 92.9 Å². The Morgan fingerprint density at radius 2 is 2.22 bits per heavy atom. The number of likely N-dealkylation sites (N-methyl/N-ethyl adjacent to an activating group) is 1. The van der Waals surface area contributed by atoms with Crippen molar-refractivity contribution in [1.29, 1.82) is 0 Å². The molecule has 0 unspecified atom stereocenters. The number of aliphatic carboxylic acids is 1. The van der Waals surface area contributed by atoms with Gasteiger partial charge in [-0.25, -0.2) is 0 Å². The first-order valence-corrected chi connectivity index (χ1v) is 5.15. The highest BCUT2D eigenvalue weighted by molar-refractivity contribution is 5.69. The average Bonchev–Trinajstić information content (AvgIpc) is 2.27. The van der Waals surface area contributed by atoms with Crippen molar-refractivity contribution in [1.82, 2.24) is 4.90 Å². The summed E-state index contributed by atoms with van der Waals surface area (Å²) in [6.45, 7) is 0.191. The van der Waals surface area contributed by atoms with Crippen molar-refractivity contribution < 1.29 is 19.6 Å². The van der Waals surface area contributed by atoms with Gasteiger partial charge in [0.2, 0.25) is 0 Å². The van der Waals surface area contributed by atoms with Crippen LogP contribution in [-0.2, 0) is 11.3 Å². The fraction of sp³-hybridized carbons (Fsp3) is 0.364. The Morgan fingerprint density at radius 1 is 1.56 bits per heavy atom. The van der Waals surface area contributed by atoms with Crippen LogP contribution in [0.25, 0.3) is 0 Å². The van der Waals surface area contributed by atoms with Crippen molar-refractivity contribution in [2.24, 2.45) is 0 Å². The Hall–Kier alpha value is -2.15. The Balaban J connectivity index is 2.88. The van der Waals surface area contributed by atoms with Gasteiger partial charge in [-0.05, 0) is 18.7 Å². The summed E-state index contributed by atoms with van der Waals surface area (Å²) in [4.78, 5) is 22.3. The molecule has 0 radical (unpaired) electrons. The minimum atomic E-state index is -0.944. The standard InChI is InChI=1S/C11H14N2O5/c1-12(7-11(14)15)6-8-3-4-10(18-2)9(5-8)13(16)17/h3-5H,6-7H2,1-2H3,(H,14,15). The summed E-state index contributed by atoms with van der Waals surface area (Å²) < 4.78 is 4.88. The molecule has 0 spiro atoms. The third-order valence-corrected chi connectivity index (χ3v) is 2.30. The van der Waals surface area contributed by atoms with Crippen molar-refractivity contribution >= 4 is 11.7 Å². The highest BCUT2D eigenvalue weighted by Gasteiger charge is 2.16.